The first kappa shape index (κ1) is 7.15. The summed E-state index contributed by atoms with van der Waals surface area (Å²) in [5, 5.41) is 0.294. The number of anilines is 1. The molecule has 0 aromatic carbocycles. The van der Waals surface area contributed by atoms with Gasteiger partial charge in [0.2, 0.25) is 0 Å². The molecule has 54 valence electrons. The highest BCUT2D eigenvalue weighted by molar-refractivity contribution is 6.31. The van der Waals surface area contributed by atoms with E-state index in [1.165, 1.54) is 13.3 Å². The van der Waals surface area contributed by atoms with E-state index in [9.17, 15) is 0 Å². The van der Waals surface area contributed by atoms with Crippen molar-refractivity contribution in [2.45, 2.75) is 0 Å². The van der Waals surface area contributed by atoms with Crippen LogP contribution in [0.3, 0.4) is 0 Å². The first-order valence-corrected chi connectivity index (χ1v) is 3.07. The van der Waals surface area contributed by atoms with E-state index in [4.69, 9.17) is 22.1 Å². The van der Waals surface area contributed by atoms with E-state index in [1.807, 2.05) is 0 Å². The molecule has 0 saturated heterocycles. The van der Waals surface area contributed by atoms with E-state index in [0.29, 0.717) is 16.6 Å². The summed E-state index contributed by atoms with van der Waals surface area (Å²) in [4.78, 5) is 3.77. The second-order valence-electron chi connectivity index (χ2n) is 1.72. The molecule has 0 aliphatic carbocycles. The Morgan fingerprint density at radius 3 is 2.80 bits per heavy atom. The molecule has 0 amide bonds. The minimum Gasteiger partial charge on any atom is -0.491 e. The van der Waals surface area contributed by atoms with Crippen LogP contribution in [0.2, 0.25) is 5.15 Å². The van der Waals surface area contributed by atoms with Gasteiger partial charge in [-0.25, -0.2) is 4.98 Å². The number of halogens is 1. The molecular weight excluding hydrogens is 152 g/mol. The summed E-state index contributed by atoms with van der Waals surface area (Å²) in [6, 6.07) is 1.63. The molecule has 0 unspecified atom stereocenters. The lowest BCUT2D eigenvalue weighted by atomic mass is 10.4. The summed E-state index contributed by atoms with van der Waals surface area (Å²) in [6.07, 6.45) is 1.53. The highest BCUT2D eigenvalue weighted by atomic mass is 35.5. The fraction of sp³-hybridized carbons (Fsp3) is 0.167. The van der Waals surface area contributed by atoms with Crippen LogP contribution in [-0.2, 0) is 0 Å². The van der Waals surface area contributed by atoms with Crippen LogP contribution < -0.4 is 10.5 Å². The zero-order valence-corrected chi connectivity index (χ0v) is 6.22. The fourth-order valence-corrected chi connectivity index (χ4v) is 0.881. The lowest BCUT2D eigenvalue weighted by molar-refractivity contribution is 0.415. The number of hydrogen-bond donors (Lipinski definition) is 1. The number of nitrogens with two attached hydrogens (primary N) is 1. The molecule has 1 rings (SSSR count). The van der Waals surface area contributed by atoms with Crippen molar-refractivity contribution in [2.24, 2.45) is 0 Å². The van der Waals surface area contributed by atoms with Crippen molar-refractivity contribution in [3.8, 4) is 5.75 Å². The van der Waals surface area contributed by atoms with Crippen molar-refractivity contribution < 1.29 is 4.74 Å². The maximum absolute atomic E-state index is 5.61. The Bertz CT molecular complexity index is 219. The molecular formula is C6H7ClN2O. The maximum Gasteiger partial charge on any atom is 0.179 e. The van der Waals surface area contributed by atoms with Gasteiger partial charge in [0.1, 0.15) is 0 Å². The maximum atomic E-state index is 5.61. The predicted octanol–water partition coefficient (Wildman–Crippen LogP) is 1.33. The van der Waals surface area contributed by atoms with Gasteiger partial charge in [0.15, 0.2) is 10.9 Å². The quantitative estimate of drug-likeness (QED) is 0.628. The smallest absolute Gasteiger partial charge is 0.179 e. The normalized spacial score (nSPS) is 9.40. The summed E-state index contributed by atoms with van der Waals surface area (Å²) >= 11 is 5.61. The lowest BCUT2D eigenvalue weighted by Crippen LogP contribution is -1.93. The van der Waals surface area contributed by atoms with Gasteiger partial charge in [-0.15, -0.1) is 0 Å². The van der Waals surface area contributed by atoms with Gasteiger partial charge in [-0.1, -0.05) is 11.6 Å². The Morgan fingerprint density at radius 1 is 1.70 bits per heavy atom. The van der Waals surface area contributed by atoms with Crippen LogP contribution in [0.15, 0.2) is 12.3 Å². The second kappa shape index (κ2) is 2.75. The zero-order valence-electron chi connectivity index (χ0n) is 5.47. The molecule has 1 aromatic heterocycles. The second-order valence-corrected chi connectivity index (χ2v) is 2.08. The molecule has 0 fully saturated rings. The van der Waals surface area contributed by atoms with Crippen LogP contribution in [0.5, 0.6) is 5.75 Å². The Balaban J connectivity index is 3.17. The van der Waals surface area contributed by atoms with E-state index in [2.05, 4.69) is 4.98 Å². The molecule has 0 aliphatic rings. The standard InChI is InChI=1S/C6H7ClN2O/c1-10-5-4(8)2-3-9-6(5)7/h2-3H,1H3,(H2,8,9). The Hall–Kier alpha value is -0.960. The third kappa shape index (κ3) is 1.14. The molecule has 3 nitrogen and oxygen atoms in total. The summed E-state index contributed by atoms with van der Waals surface area (Å²) < 4.78 is 4.86. The van der Waals surface area contributed by atoms with E-state index >= 15 is 0 Å². The number of aromatic nitrogens is 1. The Morgan fingerprint density at radius 2 is 2.40 bits per heavy atom. The minimum atomic E-state index is 0.294. The molecule has 0 radical (unpaired) electrons. The predicted molar refractivity (Wildman–Crippen MR) is 40.2 cm³/mol. The number of pyridine rings is 1. The van der Waals surface area contributed by atoms with E-state index in [-0.39, 0.29) is 0 Å². The number of nitrogens with zero attached hydrogens (tertiary/aromatic N) is 1. The van der Waals surface area contributed by atoms with Crippen LogP contribution in [0, 0.1) is 0 Å². The van der Waals surface area contributed by atoms with E-state index < -0.39 is 0 Å². The van der Waals surface area contributed by atoms with Gasteiger partial charge in [0.05, 0.1) is 12.8 Å². The molecule has 1 aromatic rings. The van der Waals surface area contributed by atoms with Crippen LogP contribution >= 0.6 is 11.6 Å². The molecule has 4 heteroatoms. The first-order valence-electron chi connectivity index (χ1n) is 2.69. The van der Waals surface area contributed by atoms with Gasteiger partial charge < -0.3 is 10.5 Å². The molecule has 0 spiro atoms. The summed E-state index contributed by atoms with van der Waals surface area (Å²) in [5.41, 5.74) is 5.98. The number of methoxy groups -OCH3 is 1. The number of nitrogen functional groups attached to an aromatic ring is 1. The molecule has 2 N–H and O–H groups in total. The van der Waals surface area contributed by atoms with Gasteiger partial charge in [-0.3, -0.25) is 0 Å². The van der Waals surface area contributed by atoms with E-state index in [1.54, 1.807) is 6.07 Å². The van der Waals surface area contributed by atoms with Crippen molar-refractivity contribution in [2.75, 3.05) is 12.8 Å². The van der Waals surface area contributed by atoms with Crippen molar-refractivity contribution in [1.29, 1.82) is 0 Å². The number of hydrogen-bond acceptors (Lipinski definition) is 3. The lowest BCUT2D eigenvalue weighted by Gasteiger charge is -2.03. The highest BCUT2D eigenvalue weighted by Gasteiger charge is 2.03. The van der Waals surface area contributed by atoms with Crippen molar-refractivity contribution >= 4 is 17.3 Å². The summed E-state index contributed by atoms with van der Waals surface area (Å²) in [7, 11) is 1.50. The van der Waals surface area contributed by atoms with Crippen molar-refractivity contribution in [3.05, 3.63) is 17.4 Å². The van der Waals surface area contributed by atoms with Crippen LogP contribution in [0.4, 0.5) is 5.69 Å². The zero-order chi connectivity index (χ0) is 7.56. The topological polar surface area (TPSA) is 48.1 Å². The fourth-order valence-electron chi connectivity index (χ4n) is 0.638. The van der Waals surface area contributed by atoms with Crippen molar-refractivity contribution in [3.63, 3.8) is 0 Å². The minimum absolute atomic E-state index is 0.294. The van der Waals surface area contributed by atoms with Crippen molar-refractivity contribution in [1.82, 2.24) is 4.98 Å². The average Bonchev–Trinajstić information content (AvgIpc) is 1.88. The van der Waals surface area contributed by atoms with Crippen LogP contribution in [0.25, 0.3) is 0 Å². The summed E-state index contributed by atoms with van der Waals surface area (Å²) in [6.45, 7) is 0. The van der Waals surface area contributed by atoms with Gasteiger partial charge in [-0.2, -0.15) is 0 Å². The Kier molecular flexibility index (Phi) is 1.97. The number of ether oxygens (including phenoxy) is 1. The molecule has 0 aliphatic heterocycles. The largest absolute Gasteiger partial charge is 0.491 e. The molecule has 10 heavy (non-hydrogen) atoms. The first-order chi connectivity index (χ1) is 4.75. The molecule has 0 bridgehead atoms. The molecule has 1 heterocycles. The highest BCUT2D eigenvalue weighted by Crippen LogP contribution is 2.27. The van der Waals surface area contributed by atoms with E-state index in [0.717, 1.165) is 0 Å². The van der Waals surface area contributed by atoms with Crippen LogP contribution in [-0.4, -0.2) is 12.1 Å². The molecule has 0 atom stereocenters. The Labute approximate surface area is 63.8 Å². The average molecular weight is 159 g/mol. The third-order valence-electron chi connectivity index (χ3n) is 1.10. The summed E-state index contributed by atoms with van der Waals surface area (Å²) in [5.74, 6) is 0.434. The van der Waals surface area contributed by atoms with Gasteiger partial charge in [0.25, 0.3) is 0 Å². The van der Waals surface area contributed by atoms with Gasteiger partial charge >= 0.3 is 0 Å². The van der Waals surface area contributed by atoms with Crippen LogP contribution in [0.1, 0.15) is 0 Å². The van der Waals surface area contributed by atoms with Gasteiger partial charge in [-0.05, 0) is 6.07 Å². The monoisotopic (exact) mass is 158 g/mol. The molecule has 0 saturated carbocycles. The SMILES string of the molecule is COc1c(N)ccnc1Cl. The third-order valence-corrected chi connectivity index (χ3v) is 1.36. The number of rotatable bonds is 1. The van der Waals surface area contributed by atoms with Gasteiger partial charge in [0, 0.05) is 6.20 Å².